The van der Waals surface area contributed by atoms with Gasteiger partial charge in [0.15, 0.2) is 0 Å². The maximum Gasteiger partial charge on any atom is 0.137 e. The molecule has 0 amide bonds. The molecule has 3 nitrogen and oxygen atoms in total. The monoisotopic (exact) mass is 354 g/mol. The summed E-state index contributed by atoms with van der Waals surface area (Å²) in [6, 6.07) is 18.5. The molecular weight excluding hydrogens is 322 g/mol. The summed E-state index contributed by atoms with van der Waals surface area (Å²) >= 11 is 0. The Balaban J connectivity index is 1.53. The number of benzene rings is 2. The molecule has 1 aliphatic heterocycles. The minimum absolute atomic E-state index is 0.366. The predicted octanol–water partition coefficient (Wildman–Crippen LogP) is 4.50. The number of nitrogens with zero attached hydrogens (tertiary/aromatic N) is 1. The summed E-state index contributed by atoms with van der Waals surface area (Å²) < 4.78 is 6.90. The van der Waals surface area contributed by atoms with Crippen LogP contribution in [0.2, 0.25) is 0 Å². The van der Waals surface area contributed by atoms with E-state index in [1.165, 1.54) is 49.9 Å². The molecular formula is C23H32NO2+. The lowest BCUT2D eigenvalue weighted by molar-refractivity contribution is -0.928. The summed E-state index contributed by atoms with van der Waals surface area (Å²) in [5.74, 6) is 0.822. The van der Waals surface area contributed by atoms with Gasteiger partial charge in [-0.2, -0.15) is 0 Å². The highest BCUT2D eigenvalue weighted by atomic mass is 16.5. The molecule has 3 rings (SSSR count). The fraction of sp³-hybridized carbons (Fsp3) is 0.478. The first-order chi connectivity index (χ1) is 12.7. The van der Waals surface area contributed by atoms with Gasteiger partial charge in [-0.1, -0.05) is 42.5 Å². The Morgan fingerprint density at radius 2 is 1.50 bits per heavy atom. The molecule has 1 atom stereocenters. The third-order valence-electron chi connectivity index (χ3n) is 5.69. The van der Waals surface area contributed by atoms with Crippen LogP contribution < -0.4 is 4.74 Å². The SMILES string of the molecule is CC[N+]1(CC(O)COc2ccc(-c3ccccc3)cc2)CCCCCC1. The van der Waals surface area contributed by atoms with Crippen LogP contribution in [0.5, 0.6) is 5.75 Å². The lowest BCUT2D eigenvalue weighted by Crippen LogP contribution is -2.53. The predicted molar refractivity (Wildman–Crippen MR) is 107 cm³/mol. The summed E-state index contributed by atoms with van der Waals surface area (Å²) in [6.45, 7) is 6.91. The van der Waals surface area contributed by atoms with Gasteiger partial charge in [-0.15, -0.1) is 0 Å². The molecule has 0 aromatic heterocycles. The van der Waals surface area contributed by atoms with Crippen molar-refractivity contribution in [1.29, 1.82) is 0 Å². The standard InChI is InChI=1S/C23H32NO2/c1-2-24(16-8-3-4-9-17-24)18-22(25)19-26-23-14-12-21(13-15-23)20-10-6-5-7-11-20/h5-7,10-15,22,25H,2-4,8-9,16-19H2,1H3/q+1. The van der Waals surface area contributed by atoms with Crippen LogP contribution in [0, 0.1) is 0 Å². The number of hydrogen-bond acceptors (Lipinski definition) is 2. The molecule has 0 spiro atoms. The molecule has 1 unspecified atom stereocenters. The zero-order valence-electron chi connectivity index (χ0n) is 15.9. The van der Waals surface area contributed by atoms with Gasteiger partial charge in [0.1, 0.15) is 25.0 Å². The Hall–Kier alpha value is -1.84. The number of likely N-dealkylation sites (tertiary alicyclic amines) is 1. The van der Waals surface area contributed by atoms with Crippen molar-refractivity contribution in [3.63, 3.8) is 0 Å². The second-order valence-corrected chi connectivity index (χ2v) is 7.56. The molecule has 2 aromatic carbocycles. The first-order valence-electron chi connectivity index (χ1n) is 10.0. The molecule has 1 N–H and O–H groups in total. The number of hydrogen-bond donors (Lipinski definition) is 1. The molecule has 1 saturated heterocycles. The summed E-state index contributed by atoms with van der Waals surface area (Å²) in [5, 5.41) is 10.5. The minimum atomic E-state index is -0.415. The normalized spacial score (nSPS) is 18.1. The van der Waals surface area contributed by atoms with Crippen LogP contribution in [-0.4, -0.2) is 48.5 Å². The number of likely N-dealkylation sites (N-methyl/N-ethyl adjacent to an activating group) is 1. The van der Waals surface area contributed by atoms with Crippen molar-refractivity contribution >= 4 is 0 Å². The highest BCUT2D eigenvalue weighted by Gasteiger charge is 2.29. The average Bonchev–Trinajstić information content (AvgIpc) is 2.93. The van der Waals surface area contributed by atoms with Crippen LogP contribution in [0.15, 0.2) is 54.6 Å². The van der Waals surface area contributed by atoms with Gasteiger partial charge in [0.25, 0.3) is 0 Å². The summed E-state index contributed by atoms with van der Waals surface area (Å²) in [6.07, 6.45) is 4.81. The lowest BCUT2D eigenvalue weighted by Gasteiger charge is -2.38. The molecule has 1 heterocycles. The Labute approximate surface area is 157 Å². The van der Waals surface area contributed by atoms with Crippen LogP contribution in [0.4, 0.5) is 0 Å². The second-order valence-electron chi connectivity index (χ2n) is 7.56. The van der Waals surface area contributed by atoms with E-state index in [2.05, 4.69) is 31.2 Å². The third-order valence-corrected chi connectivity index (χ3v) is 5.69. The number of aliphatic hydroxyl groups excluding tert-OH is 1. The number of rotatable bonds is 7. The van der Waals surface area contributed by atoms with E-state index in [9.17, 15) is 5.11 Å². The zero-order chi connectivity index (χ0) is 18.2. The molecule has 26 heavy (non-hydrogen) atoms. The smallest absolute Gasteiger partial charge is 0.137 e. The van der Waals surface area contributed by atoms with Gasteiger partial charge in [-0.25, -0.2) is 0 Å². The van der Waals surface area contributed by atoms with E-state index in [1.54, 1.807) is 0 Å². The maximum atomic E-state index is 10.5. The van der Waals surface area contributed by atoms with Crippen molar-refractivity contribution in [1.82, 2.24) is 0 Å². The largest absolute Gasteiger partial charge is 0.491 e. The van der Waals surface area contributed by atoms with E-state index in [4.69, 9.17) is 4.74 Å². The molecule has 0 bridgehead atoms. The number of quaternary nitrogens is 1. The fourth-order valence-electron chi connectivity index (χ4n) is 4.05. The second kappa shape index (κ2) is 9.20. The van der Waals surface area contributed by atoms with Gasteiger partial charge in [0.05, 0.1) is 19.6 Å². The number of ether oxygens (including phenoxy) is 1. The van der Waals surface area contributed by atoms with Crippen LogP contribution in [0.25, 0.3) is 11.1 Å². The Morgan fingerprint density at radius 1 is 0.885 bits per heavy atom. The Bertz CT molecular complexity index is 646. The molecule has 140 valence electrons. The van der Waals surface area contributed by atoms with E-state index >= 15 is 0 Å². The first-order valence-corrected chi connectivity index (χ1v) is 10.0. The topological polar surface area (TPSA) is 29.5 Å². The van der Waals surface area contributed by atoms with Gasteiger partial charge in [0, 0.05) is 0 Å². The third kappa shape index (κ3) is 5.09. The van der Waals surface area contributed by atoms with E-state index in [0.717, 1.165) is 23.3 Å². The molecule has 1 fully saturated rings. The number of aliphatic hydroxyl groups is 1. The fourth-order valence-corrected chi connectivity index (χ4v) is 4.05. The van der Waals surface area contributed by atoms with Crippen LogP contribution >= 0.6 is 0 Å². The van der Waals surface area contributed by atoms with Crippen LogP contribution in [0.3, 0.4) is 0 Å². The van der Waals surface area contributed by atoms with E-state index in [-0.39, 0.29) is 0 Å². The molecule has 0 aliphatic carbocycles. The first kappa shape index (κ1) is 18.9. The van der Waals surface area contributed by atoms with E-state index in [1.807, 2.05) is 30.3 Å². The van der Waals surface area contributed by atoms with Crippen molar-refractivity contribution in [2.75, 3.05) is 32.8 Å². The quantitative estimate of drug-likeness (QED) is 0.742. The van der Waals surface area contributed by atoms with E-state index in [0.29, 0.717) is 6.61 Å². The zero-order valence-corrected chi connectivity index (χ0v) is 15.9. The molecule has 0 saturated carbocycles. The van der Waals surface area contributed by atoms with Crippen molar-refractivity contribution in [2.24, 2.45) is 0 Å². The van der Waals surface area contributed by atoms with Crippen molar-refractivity contribution < 1.29 is 14.3 Å². The van der Waals surface area contributed by atoms with Crippen LogP contribution in [-0.2, 0) is 0 Å². The van der Waals surface area contributed by atoms with Crippen molar-refractivity contribution in [2.45, 2.75) is 38.7 Å². The molecule has 1 aliphatic rings. The average molecular weight is 355 g/mol. The minimum Gasteiger partial charge on any atom is -0.491 e. The molecule has 0 radical (unpaired) electrons. The van der Waals surface area contributed by atoms with Gasteiger partial charge in [-0.05, 0) is 55.9 Å². The highest BCUT2D eigenvalue weighted by Crippen LogP contribution is 2.23. The van der Waals surface area contributed by atoms with E-state index < -0.39 is 6.10 Å². The summed E-state index contributed by atoms with van der Waals surface area (Å²) in [7, 11) is 0. The molecule has 2 aromatic rings. The molecule has 3 heteroatoms. The van der Waals surface area contributed by atoms with Crippen molar-refractivity contribution in [3.8, 4) is 16.9 Å². The van der Waals surface area contributed by atoms with Gasteiger partial charge < -0.3 is 14.3 Å². The Kier molecular flexibility index (Phi) is 6.70. The highest BCUT2D eigenvalue weighted by molar-refractivity contribution is 5.63. The summed E-state index contributed by atoms with van der Waals surface area (Å²) in [4.78, 5) is 0. The lowest BCUT2D eigenvalue weighted by atomic mass is 10.1. The van der Waals surface area contributed by atoms with Gasteiger partial charge >= 0.3 is 0 Å². The maximum absolute atomic E-state index is 10.5. The van der Waals surface area contributed by atoms with Gasteiger partial charge in [-0.3, -0.25) is 0 Å². The van der Waals surface area contributed by atoms with Crippen molar-refractivity contribution in [3.05, 3.63) is 54.6 Å². The summed E-state index contributed by atoms with van der Waals surface area (Å²) in [5.41, 5.74) is 2.38. The van der Waals surface area contributed by atoms with Crippen LogP contribution in [0.1, 0.15) is 32.6 Å². The van der Waals surface area contributed by atoms with Gasteiger partial charge in [0.2, 0.25) is 0 Å². The Morgan fingerprint density at radius 3 is 2.12 bits per heavy atom.